The van der Waals surface area contributed by atoms with Crippen molar-refractivity contribution in [1.82, 2.24) is 20.2 Å². The largest absolute Gasteiger partial charge is 0.289 e. The molecular weight excluding hydrogens is 262 g/mol. The van der Waals surface area contributed by atoms with Crippen molar-refractivity contribution in [2.75, 3.05) is 5.32 Å². The number of nitrogens with zero attached hydrogens (tertiary/aromatic N) is 3. The summed E-state index contributed by atoms with van der Waals surface area (Å²) in [7, 11) is 0. The highest BCUT2D eigenvalue weighted by atomic mass is 79.9. The van der Waals surface area contributed by atoms with Gasteiger partial charge in [-0.05, 0) is 12.1 Å². The molecule has 0 aliphatic rings. The van der Waals surface area contributed by atoms with E-state index in [0.717, 1.165) is 4.47 Å². The van der Waals surface area contributed by atoms with E-state index in [9.17, 15) is 4.79 Å². The van der Waals surface area contributed by atoms with Crippen LogP contribution in [0, 0.1) is 0 Å². The van der Waals surface area contributed by atoms with Crippen LogP contribution >= 0.6 is 15.9 Å². The number of nitrogens with one attached hydrogen (secondary N) is 2. The smallest absolute Gasteiger partial charge is 0.276 e. The second-order valence-electron chi connectivity index (χ2n) is 2.65. The average molecular weight is 268 g/mol. The first-order chi connectivity index (χ1) is 7.25. The number of anilines is 1. The van der Waals surface area contributed by atoms with E-state index in [2.05, 4.69) is 41.4 Å². The van der Waals surface area contributed by atoms with Crippen molar-refractivity contribution in [2.24, 2.45) is 0 Å². The summed E-state index contributed by atoms with van der Waals surface area (Å²) >= 11 is 3.25. The van der Waals surface area contributed by atoms with E-state index in [1.54, 1.807) is 18.3 Å². The molecule has 76 valence electrons. The van der Waals surface area contributed by atoms with Crippen LogP contribution in [-0.4, -0.2) is 26.1 Å². The molecule has 0 aliphatic carbocycles. The lowest BCUT2D eigenvalue weighted by molar-refractivity contribution is 0.102. The summed E-state index contributed by atoms with van der Waals surface area (Å²) in [5, 5.41) is 8.64. The standard InChI is InChI=1S/C8H6BrN5O/c9-5-1-2-10-6(3-5)7(15)13-8-11-4-12-14-8/h1-4H,(H2,11,12,13,14,15). The third-order valence-electron chi connectivity index (χ3n) is 1.60. The summed E-state index contributed by atoms with van der Waals surface area (Å²) in [6, 6.07) is 3.36. The van der Waals surface area contributed by atoms with Crippen molar-refractivity contribution in [3.05, 3.63) is 34.8 Å². The zero-order valence-electron chi connectivity index (χ0n) is 7.44. The normalized spacial score (nSPS) is 9.93. The first kappa shape index (κ1) is 9.78. The Labute approximate surface area is 93.3 Å². The van der Waals surface area contributed by atoms with E-state index in [0.29, 0.717) is 11.6 Å². The summed E-state index contributed by atoms with van der Waals surface area (Å²) in [6.45, 7) is 0. The molecule has 0 spiro atoms. The van der Waals surface area contributed by atoms with Gasteiger partial charge in [-0.25, -0.2) is 5.10 Å². The Morgan fingerprint density at radius 1 is 1.47 bits per heavy atom. The monoisotopic (exact) mass is 267 g/mol. The molecule has 0 saturated carbocycles. The minimum Gasteiger partial charge on any atom is -0.289 e. The maximum atomic E-state index is 11.6. The molecule has 2 N–H and O–H groups in total. The van der Waals surface area contributed by atoms with Gasteiger partial charge in [0.1, 0.15) is 12.0 Å². The molecule has 7 heteroatoms. The molecule has 2 aromatic rings. The molecule has 1 amide bonds. The van der Waals surface area contributed by atoms with Gasteiger partial charge in [0.25, 0.3) is 5.91 Å². The second-order valence-corrected chi connectivity index (χ2v) is 3.56. The number of aromatic amines is 1. The van der Waals surface area contributed by atoms with Crippen molar-refractivity contribution >= 4 is 27.8 Å². The van der Waals surface area contributed by atoms with Crippen LogP contribution in [0.25, 0.3) is 0 Å². The van der Waals surface area contributed by atoms with Gasteiger partial charge in [0, 0.05) is 10.7 Å². The molecule has 0 fully saturated rings. The highest BCUT2D eigenvalue weighted by Crippen LogP contribution is 2.09. The number of hydrogen-bond donors (Lipinski definition) is 2. The second kappa shape index (κ2) is 4.18. The minimum absolute atomic E-state index is 0.293. The number of halogens is 1. The predicted octanol–water partition coefficient (Wildman–Crippen LogP) is 1.21. The summed E-state index contributed by atoms with van der Waals surface area (Å²) in [4.78, 5) is 19.3. The molecular formula is C8H6BrN5O. The van der Waals surface area contributed by atoms with Crippen molar-refractivity contribution in [1.29, 1.82) is 0 Å². The van der Waals surface area contributed by atoms with Gasteiger partial charge >= 0.3 is 0 Å². The molecule has 0 atom stereocenters. The lowest BCUT2D eigenvalue weighted by atomic mass is 10.3. The predicted molar refractivity (Wildman–Crippen MR) is 56.3 cm³/mol. The molecule has 2 aromatic heterocycles. The fourth-order valence-corrected chi connectivity index (χ4v) is 1.30. The van der Waals surface area contributed by atoms with E-state index < -0.39 is 0 Å². The summed E-state index contributed by atoms with van der Waals surface area (Å²) in [5.74, 6) is -0.0465. The van der Waals surface area contributed by atoms with Gasteiger partial charge in [-0.15, -0.1) is 0 Å². The molecule has 0 radical (unpaired) electrons. The van der Waals surface area contributed by atoms with Gasteiger partial charge in [0.15, 0.2) is 0 Å². The molecule has 2 heterocycles. The van der Waals surface area contributed by atoms with E-state index in [-0.39, 0.29) is 5.91 Å². The number of carbonyl (C=O) groups excluding carboxylic acids is 1. The van der Waals surface area contributed by atoms with Crippen molar-refractivity contribution in [2.45, 2.75) is 0 Å². The van der Waals surface area contributed by atoms with Gasteiger partial charge in [0.2, 0.25) is 5.95 Å². The Bertz CT molecular complexity index is 470. The van der Waals surface area contributed by atoms with Gasteiger partial charge in [0.05, 0.1) is 0 Å². The Balaban J connectivity index is 2.15. The Morgan fingerprint density at radius 3 is 3.00 bits per heavy atom. The van der Waals surface area contributed by atoms with E-state index in [1.165, 1.54) is 6.33 Å². The molecule has 6 nitrogen and oxygen atoms in total. The molecule has 0 aromatic carbocycles. The number of H-pyrrole nitrogens is 1. The number of rotatable bonds is 2. The van der Waals surface area contributed by atoms with E-state index in [1.807, 2.05) is 0 Å². The Kier molecular flexibility index (Phi) is 2.72. The van der Waals surface area contributed by atoms with Gasteiger partial charge in [-0.3, -0.25) is 15.1 Å². The SMILES string of the molecule is O=C(Nc1ncn[nH]1)c1cc(Br)ccn1. The number of hydrogen-bond acceptors (Lipinski definition) is 4. The van der Waals surface area contributed by atoms with E-state index >= 15 is 0 Å². The quantitative estimate of drug-likeness (QED) is 0.857. The van der Waals surface area contributed by atoms with Crippen molar-refractivity contribution in [3.8, 4) is 0 Å². The van der Waals surface area contributed by atoms with Gasteiger partial charge < -0.3 is 0 Å². The van der Waals surface area contributed by atoms with Crippen LogP contribution in [0.2, 0.25) is 0 Å². The minimum atomic E-state index is -0.340. The lowest BCUT2D eigenvalue weighted by Gasteiger charge is -2.00. The molecule has 2 rings (SSSR count). The van der Waals surface area contributed by atoms with Crippen LogP contribution in [0.5, 0.6) is 0 Å². The molecule has 15 heavy (non-hydrogen) atoms. The molecule has 0 saturated heterocycles. The third-order valence-corrected chi connectivity index (χ3v) is 2.09. The maximum absolute atomic E-state index is 11.6. The zero-order valence-corrected chi connectivity index (χ0v) is 9.02. The van der Waals surface area contributed by atoms with Crippen LogP contribution in [0.1, 0.15) is 10.5 Å². The first-order valence-corrected chi connectivity index (χ1v) is 4.83. The van der Waals surface area contributed by atoms with Crippen LogP contribution < -0.4 is 5.32 Å². The molecule has 0 unspecified atom stereocenters. The zero-order chi connectivity index (χ0) is 10.7. The van der Waals surface area contributed by atoms with Crippen molar-refractivity contribution in [3.63, 3.8) is 0 Å². The van der Waals surface area contributed by atoms with Crippen LogP contribution in [0.15, 0.2) is 29.1 Å². The number of aromatic nitrogens is 4. The number of carbonyl (C=O) groups is 1. The van der Waals surface area contributed by atoms with Crippen molar-refractivity contribution < 1.29 is 4.79 Å². The fraction of sp³-hybridized carbons (Fsp3) is 0. The highest BCUT2D eigenvalue weighted by molar-refractivity contribution is 9.10. The number of pyridine rings is 1. The summed E-state index contributed by atoms with van der Waals surface area (Å²) in [6.07, 6.45) is 2.85. The molecule has 0 bridgehead atoms. The number of amides is 1. The van der Waals surface area contributed by atoms with Gasteiger partial charge in [-0.1, -0.05) is 15.9 Å². The van der Waals surface area contributed by atoms with Crippen LogP contribution in [-0.2, 0) is 0 Å². The topological polar surface area (TPSA) is 83.6 Å². The molecule has 0 aliphatic heterocycles. The van der Waals surface area contributed by atoms with Crippen LogP contribution in [0.3, 0.4) is 0 Å². The fourth-order valence-electron chi connectivity index (χ4n) is 0.966. The van der Waals surface area contributed by atoms with E-state index in [4.69, 9.17) is 0 Å². The Morgan fingerprint density at radius 2 is 2.33 bits per heavy atom. The lowest BCUT2D eigenvalue weighted by Crippen LogP contribution is -2.14. The third kappa shape index (κ3) is 2.38. The van der Waals surface area contributed by atoms with Gasteiger partial charge in [-0.2, -0.15) is 10.1 Å². The highest BCUT2D eigenvalue weighted by Gasteiger charge is 2.08. The Hall–Kier alpha value is -1.76. The summed E-state index contributed by atoms with van der Waals surface area (Å²) in [5.41, 5.74) is 0.306. The maximum Gasteiger partial charge on any atom is 0.276 e. The average Bonchev–Trinajstić information content (AvgIpc) is 2.70. The first-order valence-electron chi connectivity index (χ1n) is 4.04. The summed E-state index contributed by atoms with van der Waals surface area (Å²) < 4.78 is 0.792. The van der Waals surface area contributed by atoms with Crippen LogP contribution in [0.4, 0.5) is 5.95 Å².